The van der Waals surface area contributed by atoms with Gasteiger partial charge in [0.1, 0.15) is 0 Å². The molecule has 0 bridgehead atoms. The van der Waals surface area contributed by atoms with E-state index in [-0.39, 0.29) is 0 Å². The predicted molar refractivity (Wildman–Crippen MR) is 70.4 cm³/mol. The van der Waals surface area contributed by atoms with Crippen LogP contribution in [-0.2, 0) is 6.54 Å². The molecule has 16 heavy (non-hydrogen) atoms. The lowest BCUT2D eigenvalue weighted by Gasteiger charge is -2.20. The van der Waals surface area contributed by atoms with E-state index in [1.165, 1.54) is 16.7 Å². The van der Waals surface area contributed by atoms with Gasteiger partial charge in [-0.25, -0.2) is 0 Å². The van der Waals surface area contributed by atoms with Gasteiger partial charge in [-0.1, -0.05) is 43.2 Å². The van der Waals surface area contributed by atoms with Crippen LogP contribution in [-0.4, -0.2) is 12.6 Å². The van der Waals surface area contributed by atoms with E-state index in [0.717, 1.165) is 6.54 Å². The van der Waals surface area contributed by atoms with Crippen molar-refractivity contribution in [2.45, 2.75) is 40.3 Å². The molecular formula is C14H24N2. The van der Waals surface area contributed by atoms with Crippen LogP contribution in [0.5, 0.6) is 0 Å². The predicted octanol–water partition coefficient (Wildman–Crippen LogP) is 2.38. The standard InChI is InChI=1S/C14H24N2/c1-10(2)14(8-15)16-9-13-6-11(3)5-12(4)7-13/h5-7,10,14,16H,8-9,15H2,1-4H3. The van der Waals surface area contributed by atoms with Crippen LogP contribution in [0, 0.1) is 19.8 Å². The van der Waals surface area contributed by atoms with E-state index in [9.17, 15) is 0 Å². The zero-order valence-electron chi connectivity index (χ0n) is 10.9. The minimum atomic E-state index is 0.404. The van der Waals surface area contributed by atoms with Crippen LogP contribution < -0.4 is 11.1 Å². The van der Waals surface area contributed by atoms with Crippen molar-refractivity contribution in [1.29, 1.82) is 0 Å². The fourth-order valence-corrected chi connectivity index (χ4v) is 2.01. The summed E-state index contributed by atoms with van der Waals surface area (Å²) in [4.78, 5) is 0. The average Bonchev–Trinajstić information content (AvgIpc) is 2.16. The van der Waals surface area contributed by atoms with Gasteiger partial charge in [0.25, 0.3) is 0 Å². The fraction of sp³-hybridized carbons (Fsp3) is 0.571. The van der Waals surface area contributed by atoms with Crippen LogP contribution in [0.3, 0.4) is 0 Å². The second-order valence-corrected chi connectivity index (χ2v) is 4.96. The van der Waals surface area contributed by atoms with Crippen molar-refractivity contribution in [2.75, 3.05) is 6.54 Å². The van der Waals surface area contributed by atoms with Crippen molar-refractivity contribution < 1.29 is 0 Å². The Morgan fingerprint density at radius 1 is 1.12 bits per heavy atom. The third-order valence-corrected chi connectivity index (χ3v) is 2.91. The van der Waals surface area contributed by atoms with Crippen molar-refractivity contribution in [3.63, 3.8) is 0 Å². The molecule has 90 valence electrons. The first-order valence-corrected chi connectivity index (χ1v) is 6.03. The molecule has 0 saturated carbocycles. The first-order chi connectivity index (χ1) is 7.52. The lowest BCUT2D eigenvalue weighted by atomic mass is 10.0. The third-order valence-electron chi connectivity index (χ3n) is 2.91. The Kier molecular flexibility index (Phi) is 4.97. The number of nitrogens with one attached hydrogen (secondary N) is 1. The molecule has 1 atom stereocenters. The molecule has 0 aliphatic rings. The van der Waals surface area contributed by atoms with Crippen LogP contribution >= 0.6 is 0 Å². The molecule has 1 aromatic carbocycles. The lowest BCUT2D eigenvalue weighted by Crippen LogP contribution is -2.39. The molecule has 2 heteroatoms. The molecule has 0 aromatic heterocycles. The Hall–Kier alpha value is -0.860. The van der Waals surface area contributed by atoms with Gasteiger partial charge in [0.15, 0.2) is 0 Å². The van der Waals surface area contributed by atoms with Gasteiger partial charge in [-0.3, -0.25) is 0 Å². The molecule has 0 amide bonds. The Bertz CT molecular complexity index is 311. The van der Waals surface area contributed by atoms with E-state index < -0.39 is 0 Å². The van der Waals surface area contributed by atoms with E-state index in [2.05, 4.69) is 51.2 Å². The molecule has 1 aromatic rings. The Balaban J connectivity index is 2.60. The van der Waals surface area contributed by atoms with E-state index >= 15 is 0 Å². The summed E-state index contributed by atoms with van der Waals surface area (Å²) in [7, 11) is 0. The molecule has 0 heterocycles. The molecule has 2 nitrogen and oxygen atoms in total. The largest absolute Gasteiger partial charge is 0.329 e. The fourth-order valence-electron chi connectivity index (χ4n) is 2.01. The summed E-state index contributed by atoms with van der Waals surface area (Å²) in [6, 6.07) is 7.06. The summed E-state index contributed by atoms with van der Waals surface area (Å²) < 4.78 is 0. The second-order valence-electron chi connectivity index (χ2n) is 4.96. The normalized spacial score (nSPS) is 13.1. The average molecular weight is 220 g/mol. The number of hydrogen-bond donors (Lipinski definition) is 2. The minimum Gasteiger partial charge on any atom is -0.329 e. The van der Waals surface area contributed by atoms with Gasteiger partial charge < -0.3 is 11.1 Å². The number of benzene rings is 1. The molecule has 0 saturated heterocycles. The highest BCUT2D eigenvalue weighted by molar-refractivity contribution is 5.28. The van der Waals surface area contributed by atoms with E-state index in [1.54, 1.807) is 0 Å². The zero-order valence-corrected chi connectivity index (χ0v) is 10.9. The van der Waals surface area contributed by atoms with Gasteiger partial charge in [0, 0.05) is 19.1 Å². The van der Waals surface area contributed by atoms with E-state index in [1.807, 2.05) is 0 Å². The van der Waals surface area contributed by atoms with Gasteiger partial charge in [-0.05, 0) is 25.3 Å². The van der Waals surface area contributed by atoms with Crippen molar-refractivity contribution in [2.24, 2.45) is 11.7 Å². The Labute approximate surface area is 99.2 Å². The maximum absolute atomic E-state index is 5.74. The molecule has 0 aliphatic heterocycles. The van der Waals surface area contributed by atoms with Gasteiger partial charge in [0.05, 0.1) is 0 Å². The van der Waals surface area contributed by atoms with Crippen LogP contribution in [0.25, 0.3) is 0 Å². The van der Waals surface area contributed by atoms with Gasteiger partial charge >= 0.3 is 0 Å². The minimum absolute atomic E-state index is 0.404. The van der Waals surface area contributed by atoms with Gasteiger partial charge in [-0.2, -0.15) is 0 Å². The molecule has 0 aliphatic carbocycles. The maximum Gasteiger partial charge on any atom is 0.0216 e. The summed E-state index contributed by atoms with van der Waals surface area (Å²) in [6.07, 6.45) is 0. The molecule has 1 rings (SSSR count). The molecule has 1 unspecified atom stereocenters. The summed E-state index contributed by atoms with van der Waals surface area (Å²) in [5, 5.41) is 3.51. The highest BCUT2D eigenvalue weighted by atomic mass is 14.9. The molecule has 0 spiro atoms. The van der Waals surface area contributed by atoms with Gasteiger partial charge in [-0.15, -0.1) is 0 Å². The Morgan fingerprint density at radius 3 is 2.12 bits per heavy atom. The van der Waals surface area contributed by atoms with Crippen molar-refractivity contribution in [1.82, 2.24) is 5.32 Å². The van der Waals surface area contributed by atoms with E-state index in [0.29, 0.717) is 18.5 Å². The molecule has 0 radical (unpaired) electrons. The molecule has 0 fully saturated rings. The summed E-state index contributed by atoms with van der Waals surface area (Å²) in [5.41, 5.74) is 9.73. The van der Waals surface area contributed by atoms with Crippen molar-refractivity contribution >= 4 is 0 Å². The second kappa shape index (κ2) is 6.02. The monoisotopic (exact) mass is 220 g/mol. The molecular weight excluding hydrogens is 196 g/mol. The van der Waals surface area contributed by atoms with E-state index in [4.69, 9.17) is 5.73 Å². The lowest BCUT2D eigenvalue weighted by molar-refractivity contribution is 0.405. The van der Waals surface area contributed by atoms with Crippen LogP contribution in [0.2, 0.25) is 0 Å². The van der Waals surface area contributed by atoms with Crippen LogP contribution in [0.4, 0.5) is 0 Å². The third kappa shape index (κ3) is 3.95. The van der Waals surface area contributed by atoms with Gasteiger partial charge in [0.2, 0.25) is 0 Å². The first-order valence-electron chi connectivity index (χ1n) is 6.03. The highest BCUT2D eigenvalue weighted by Gasteiger charge is 2.10. The number of rotatable bonds is 5. The summed E-state index contributed by atoms with van der Waals surface area (Å²) in [5.74, 6) is 0.580. The number of aryl methyl sites for hydroxylation is 2. The summed E-state index contributed by atoms with van der Waals surface area (Å²) >= 11 is 0. The number of nitrogens with two attached hydrogens (primary N) is 1. The van der Waals surface area contributed by atoms with Crippen LogP contribution in [0.1, 0.15) is 30.5 Å². The number of hydrogen-bond acceptors (Lipinski definition) is 2. The SMILES string of the molecule is Cc1cc(C)cc(CNC(CN)C(C)C)c1. The maximum atomic E-state index is 5.74. The zero-order chi connectivity index (χ0) is 12.1. The van der Waals surface area contributed by atoms with Crippen molar-refractivity contribution in [3.8, 4) is 0 Å². The first kappa shape index (κ1) is 13.2. The Morgan fingerprint density at radius 2 is 1.69 bits per heavy atom. The van der Waals surface area contributed by atoms with Crippen molar-refractivity contribution in [3.05, 3.63) is 34.9 Å². The molecule has 3 N–H and O–H groups in total. The highest BCUT2D eigenvalue weighted by Crippen LogP contribution is 2.09. The quantitative estimate of drug-likeness (QED) is 0.799. The van der Waals surface area contributed by atoms with Crippen LogP contribution in [0.15, 0.2) is 18.2 Å². The topological polar surface area (TPSA) is 38.0 Å². The smallest absolute Gasteiger partial charge is 0.0216 e. The summed E-state index contributed by atoms with van der Waals surface area (Å²) in [6.45, 7) is 10.3.